The van der Waals surface area contributed by atoms with Gasteiger partial charge in [-0.1, -0.05) is 30.3 Å². The minimum atomic E-state index is -0.403. The molecular weight excluding hydrogens is 368 g/mol. The smallest absolute Gasteiger partial charge is 0.338 e. The van der Waals surface area contributed by atoms with Crippen molar-refractivity contribution in [3.8, 4) is 0 Å². The molecular formula is C23H26N2O4. The van der Waals surface area contributed by atoms with Gasteiger partial charge >= 0.3 is 5.97 Å². The molecule has 1 aliphatic heterocycles. The van der Waals surface area contributed by atoms with E-state index in [-0.39, 0.29) is 30.4 Å². The van der Waals surface area contributed by atoms with E-state index < -0.39 is 11.9 Å². The number of carbonyl (C=O) groups is 3. The number of benzene rings is 2. The number of esters is 1. The summed E-state index contributed by atoms with van der Waals surface area (Å²) in [6, 6.07) is 16.3. The van der Waals surface area contributed by atoms with E-state index in [4.69, 9.17) is 4.74 Å². The third-order valence-corrected chi connectivity index (χ3v) is 5.01. The SMILES string of the molecule is CC(C)OC(=O)c1ccc(NC(=O)[C@@H]2CC(=O)N([C@@H](C)c3ccccc3)C2)cc1. The van der Waals surface area contributed by atoms with Crippen molar-refractivity contribution in [3.63, 3.8) is 0 Å². The fraction of sp³-hybridized carbons (Fsp3) is 0.348. The maximum atomic E-state index is 12.6. The van der Waals surface area contributed by atoms with Crippen LogP contribution < -0.4 is 5.32 Å². The van der Waals surface area contributed by atoms with E-state index >= 15 is 0 Å². The minimum absolute atomic E-state index is 0.0201. The van der Waals surface area contributed by atoms with Crippen LogP contribution in [0.5, 0.6) is 0 Å². The first-order valence-electron chi connectivity index (χ1n) is 9.81. The maximum Gasteiger partial charge on any atom is 0.338 e. The standard InChI is InChI=1S/C23H26N2O4/c1-15(2)29-23(28)18-9-11-20(12-10-18)24-22(27)19-13-21(26)25(14-19)16(3)17-7-5-4-6-8-17/h4-12,15-16,19H,13-14H2,1-3H3,(H,24,27)/t16-,19+/m0/s1. The summed E-state index contributed by atoms with van der Waals surface area (Å²) in [5.41, 5.74) is 2.06. The molecule has 2 aromatic carbocycles. The van der Waals surface area contributed by atoms with Crippen LogP contribution in [0.1, 0.15) is 49.2 Å². The van der Waals surface area contributed by atoms with Crippen molar-refractivity contribution < 1.29 is 19.1 Å². The number of ether oxygens (including phenoxy) is 1. The first kappa shape index (κ1) is 20.6. The van der Waals surface area contributed by atoms with Crippen LogP contribution in [0.4, 0.5) is 5.69 Å². The molecule has 29 heavy (non-hydrogen) atoms. The lowest BCUT2D eigenvalue weighted by atomic mass is 10.1. The number of rotatable bonds is 6. The Balaban J connectivity index is 1.60. The molecule has 2 aromatic rings. The van der Waals surface area contributed by atoms with Gasteiger partial charge in [-0.25, -0.2) is 4.79 Å². The van der Waals surface area contributed by atoms with Crippen LogP contribution in [0, 0.1) is 5.92 Å². The summed E-state index contributed by atoms with van der Waals surface area (Å²) in [4.78, 5) is 38.8. The van der Waals surface area contributed by atoms with Crippen LogP contribution >= 0.6 is 0 Å². The summed E-state index contributed by atoms with van der Waals surface area (Å²) in [7, 11) is 0. The van der Waals surface area contributed by atoms with Crippen molar-refractivity contribution >= 4 is 23.5 Å². The summed E-state index contributed by atoms with van der Waals surface area (Å²) in [5.74, 6) is -1.02. The van der Waals surface area contributed by atoms with Gasteiger partial charge in [-0.15, -0.1) is 0 Å². The Kier molecular flexibility index (Phi) is 6.32. The second-order valence-corrected chi connectivity index (χ2v) is 7.55. The molecule has 0 saturated carbocycles. The summed E-state index contributed by atoms with van der Waals surface area (Å²) in [6.45, 7) is 5.94. The Morgan fingerprint density at radius 3 is 2.31 bits per heavy atom. The third kappa shape index (κ3) is 5.02. The van der Waals surface area contributed by atoms with Crippen molar-refractivity contribution in [2.24, 2.45) is 5.92 Å². The molecule has 0 bridgehead atoms. The molecule has 1 N–H and O–H groups in total. The fourth-order valence-corrected chi connectivity index (χ4v) is 3.41. The molecule has 3 rings (SSSR count). The lowest BCUT2D eigenvalue weighted by Gasteiger charge is -2.25. The molecule has 6 nitrogen and oxygen atoms in total. The molecule has 2 amide bonds. The molecule has 0 radical (unpaired) electrons. The summed E-state index contributed by atoms with van der Waals surface area (Å²) < 4.78 is 5.15. The fourth-order valence-electron chi connectivity index (χ4n) is 3.41. The van der Waals surface area contributed by atoms with E-state index in [1.807, 2.05) is 37.3 Å². The average molecular weight is 394 g/mol. The Labute approximate surface area is 170 Å². The normalized spacial score (nSPS) is 17.3. The highest BCUT2D eigenvalue weighted by Gasteiger charge is 2.37. The zero-order valence-corrected chi connectivity index (χ0v) is 16.9. The summed E-state index contributed by atoms with van der Waals surface area (Å²) in [5, 5.41) is 2.84. The number of hydrogen-bond acceptors (Lipinski definition) is 4. The zero-order chi connectivity index (χ0) is 21.0. The van der Waals surface area contributed by atoms with Crippen LogP contribution in [-0.4, -0.2) is 35.3 Å². The first-order valence-corrected chi connectivity index (χ1v) is 9.81. The third-order valence-electron chi connectivity index (χ3n) is 5.01. The van der Waals surface area contributed by atoms with Crippen molar-refractivity contribution in [2.45, 2.75) is 39.3 Å². The van der Waals surface area contributed by atoms with Crippen LogP contribution in [0.25, 0.3) is 0 Å². The highest BCUT2D eigenvalue weighted by atomic mass is 16.5. The van der Waals surface area contributed by atoms with Crippen molar-refractivity contribution in [3.05, 3.63) is 65.7 Å². The molecule has 152 valence electrons. The quantitative estimate of drug-likeness (QED) is 0.756. The zero-order valence-electron chi connectivity index (χ0n) is 16.9. The van der Waals surface area contributed by atoms with Gasteiger partial charge in [-0.05, 0) is 50.6 Å². The molecule has 0 aromatic heterocycles. The number of likely N-dealkylation sites (tertiary alicyclic amines) is 1. The Morgan fingerprint density at radius 2 is 1.69 bits per heavy atom. The lowest BCUT2D eigenvalue weighted by molar-refractivity contribution is -0.129. The van der Waals surface area contributed by atoms with Gasteiger partial charge < -0.3 is 15.0 Å². The van der Waals surface area contributed by atoms with Gasteiger partial charge in [-0.2, -0.15) is 0 Å². The second-order valence-electron chi connectivity index (χ2n) is 7.55. The average Bonchev–Trinajstić information content (AvgIpc) is 3.10. The topological polar surface area (TPSA) is 75.7 Å². The predicted molar refractivity (Wildman–Crippen MR) is 110 cm³/mol. The maximum absolute atomic E-state index is 12.6. The minimum Gasteiger partial charge on any atom is -0.459 e. The number of carbonyl (C=O) groups excluding carboxylic acids is 3. The summed E-state index contributed by atoms with van der Waals surface area (Å²) >= 11 is 0. The molecule has 1 heterocycles. The van der Waals surface area contributed by atoms with Crippen LogP contribution in [0.3, 0.4) is 0 Å². The van der Waals surface area contributed by atoms with Gasteiger partial charge in [0.25, 0.3) is 0 Å². The van der Waals surface area contributed by atoms with E-state index in [9.17, 15) is 14.4 Å². The van der Waals surface area contributed by atoms with E-state index in [1.165, 1.54) is 0 Å². The second kappa shape index (κ2) is 8.90. The van der Waals surface area contributed by atoms with E-state index in [2.05, 4.69) is 5.32 Å². The molecule has 1 saturated heterocycles. The van der Waals surface area contributed by atoms with Gasteiger partial charge in [-0.3, -0.25) is 9.59 Å². The first-order chi connectivity index (χ1) is 13.8. The number of anilines is 1. The van der Waals surface area contributed by atoms with Crippen LogP contribution in [0.2, 0.25) is 0 Å². The number of nitrogens with zero attached hydrogens (tertiary/aromatic N) is 1. The molecule has 1 aliphatic rings. The van der Waals surface area contributed by atoms with Crippen molar-refractivity contribution in [1.82, 2.24) is 4.90 Å². The number of nitrogens with one attached hydrogen (secondary N) is 1. The molecule has 0 aliphatic carbocycles. The predicted octanol–water partition coefficient (Wildman–Crippen LogP) is 3.80. The molecule has 2 atom stereocenters. The molecule has 6 heteroatoms. The van der Waals surface area contributed by atoms with Crippen LogP contribution in [-0.2, 0) is 14.3 Å². The van der Waals surface area contributed by atoms with Gasteiger partial charge in [0.2, 0.25) is 11.8 Å². The largest absolute Gasteiger partial charge is 0.459 e. The summed E-state index contributed by atoms with van der Waals surface area (Å²) in [6.07, 6.45) is 0.00457. The highest BCUT2D eigenvalue weighted by Crippen LogP contribution is 2.29. The van der Waals surface area contributed by atoms with E-state index in [0.717, 1.165) is 5.56 Å². The van der Waals surface area contributed by atoms with Crippen molar-refractivity contribution in [2.75, 3.05) is 11.9 Å². The van der Waals surface area contributed by atoms with Gasteiger partial charge in [0.15, 0.2) is 0 Å². The Bertz CT molecular complexity index is 878. The molecule has 1 fully saturated rings. The van der Waals surface area contributed by atoms with Gasteiger partial charge in [0.05, 0.1) is 23.6 Å². The van der Waals surface area contributed by atoms with E-state index in [0.29, 0.717) is 17.8 Å². The number of amides is 2. The van der Waals surface area contributed by atoms with Crippen molar-refractivity contribution in [1.29, 1.82) is 0 Å². The molecule has 0 spiro atoms. The Hall–Kier alpha value is -3.15. The number of hydrogen-bond donors (Lipinski definition) is 1. The monoisotopic (exact) mass is 394 g/mol. The van der Waals surface area contributed by atoms with Gasteiger partial charge in [0, 0.05) is 18.7 Å². The van der Waals surface area contributed by atoms with E-state index in [1.54, 1.807) is 43.0 Å². The lowest BCUT2D eigenvalue weighted by Crippen LogP contribution is -2.30. The Morgan fingerprint density at radius 1 is 1.03 bits per heavy atom. The van der Waals surface area contributed by atoms with Gasteiger partial charge in [0.1, 0.15) is 0 Å². The highest BCUT2D eigenvalue weighted by molar-refractivity contribution is 5.98. The van der Waals surface area contributed by atoms with Crippen LogP contribution in [0.15, 0.2) is 54.6 Å². The molecule has 0 unspecified atom stereocenters.